The molecule has 0 aliphatic heterocycles. The van der Waals surface area contributed by atoms with Crippen molar-refractivity contribution in [3.8, 4) is 0 Å². The molecule has 0 fully saturated rings. The summed E-state index contributed by atoms with van der Waals surface area (Å²) in [6, 6.07) is 9.95. The second kappa shape index (κ2) is 3.91. The topological polar surface area (TPSA) is 30.0 Å². The quantitative estimate of drug-likeness (QED) is 0.759. The van der Waals surface area contributed by atoms with E-state index in [-0.39, 0.29) is 5.78 Å². The summed E-state index contributed by atoms with van der Waals surface area (Å²) in [7, 11) is 0. The lowest BCUT2D eigenvalue weighted by atomic mass is 9.98. The zero-order chi connectivity index (χ0) is 12.7. The minimum Gasteiger partial charge on any atom is -0.289 e. The lowest BCUT2D eigenvalue weighted by Crippen LogP contribution is -1.98. The lowest BCUT2D eigenvalue weighted by Gasteiger charge is -2.08. The van der Waals surface area contributed by atoms with Crippen LogP contribution in [0.1, 0.15) is 32.7 Å². The van der Waals surface area contributed by atoms with E-state index in [4.69, 9.17) is 0 Å². The van der Waals surface area contributed by atoms with Crippen LogP contribution in [0.3, 0.4) is 0 Å². The van der Waals surface area contributed by atoms with E-state index in [9.17, 15) is 4.79 Å². The highest BCUT2D eigenvalue weighted by Crippen LogP contribution is 2.33. The summed E-state index contributed by atoms with van der Waals surface area (Å²) in [5.41, 5.74) is 5.74. The molecule has 0 spiro atoms. The number of carbonyl (C=O) groups excluding carboxylic acids is 1. The molecule has 0 saturated heterocycles. The van der Waals surface area contributed by atoms with Gasteiger partial charge in [0.05, 0.1) is 11.3 Å². The summed E-state index contributed by atoms with van der Waals surface area (Å²) in [5, 5.41) is 0. The van der Waals surface area contributed by atoms with Crippen molar-refractivity contribution in [1.82, 2.24) is 4.98 Å². The fourth-order valence-corrected chi connectivity index (χ4v) is 2.43. The van der Waals surface area contributed by atoms with Gasteiger partial charge in [-0.25, -0.2) is 0 Å². The summed E-state index contributed by atoms with van der Waals surface area (Å²) in [5.74, 6) is 0.0638. The molecule has 3 rings (SSSR count). The van der Waals surface area contributed by atoms with Gasteiger partial charge in [0.25, 0.3) is 0 Å². The minimum atomic E-state index is 0.0638. The van der Waals surface area contributed by atoms with Crippen molar-refractivity contribution in [3.05, 3.63) is 70.6 Å². The van der Waals surface area contributed by atoms with Crippen molar-refractivity contribution in [2.45, 2.75) is 13.8 Å². The number of nitrogens with zero attached hydrogens (tertiary/aromatic N) is 1. The highest BCUT2D eigenvalue weighted by atomic mass is 16.1. The molecule has 0 saturated carbocycles. The normalized spacial score (nSPS) is 13.4. The largest absolute Gasteiger partial charge is 0.289 e. The molecular formula is C16H13NO. The van der Waals surface area contributed by atoms with Gasteiger partial charge in [-0.3, -0.25) is 9.78 Å². The average molecular weight is 235 g/mol. The Balaban J connectivity index is 2.25. The zero-order valence-corrected chi connectivity index (χ0v) is 10.4. The number of carbonyl (C=O) groups is 1. The van der Waals surface area contributed by atoms with E-state index in [0.717, 1.165) is 33.5 Å². The number of rotatable bonds is 1. The molecule has 2 nitrogen and oxygen atoms in total. The van der Waals surface area contributed by atoms with Gasteiger partial charge >= 0.3 is 0 Å². The molecule has 1 aliphatic carbocycles. The van der Waals surface area contributed by atoms with E-state index in [1.165, 1.54) is 0 Å². The molecule has 18 heavy (non-hydrogen) atoms. The maximum atomic E-state index is 12.1. The van der Waals surface area contributed by atoms with Gasteiger partial charge in [-0.2, -0.15) is 0 Å². The first-order chi connectivity index (χ1) is 8.68. The van der Waals surface area contributed by atoms with Gasteiger partial charge in [0, 0.05) is 11.8 Å². The summed E-state index contributed by atoms with van der Waals surface area (Å²) in [4.78, 5) is 16.4. The molecule has 1 aliphatic rings. The van der Waals surface area contributed by atoms with E-state index in [2.05, 4.69) is 18.0 Å². The third-order valence-corrected chi connectivity index (χ3v) is 3.37. The Morgan fingerprint density at radius 2 is 1.78 bits per heavy atom. The highest BCUT2D eigenvalue weighted by molar-refractivity contribution is 6.19. The molecule has 0 bridgehead atoms. The van der Waals surface area contributed by atoms with Crippen LogP contribution in [0, 0.1) is 13.8 Å². The van der Waals surface area contributed by atoms with Crippen molar-refractivity contribution in [2.75, 3.05) is 0 Å². The number of hydrogen-bond donors (Lipinski definition) is 0. The number of allylic oxidation sites excluding steroid dienone is 1. The van der Waals surface area contributed by atoms with Crippen LogP contribution in [0.15, 0.2) is 42.6 Å². The van der Waals surface area contributed by atoms with Gasteiger partial charge in [0.2, 0.25) is 0 Å². The molecule has 2 aromatic rings. The van der Waals surface area contributed by atoms with Crippen molar-refractivity contribution in [3.63, 3.8) is 0 Å². The fraction of sp³-hybridized carbons (Fsp3) is 0.125. The van der Waals surface area contributed by atoms with E-state index >= 15 is 0 Å². The van der Waals surface area contributed by atoms with Crippen molar-refractivity contribution in [1.29, 1.82) is 0 Å². The first-order valence-electron chi connectivity index (χ1n) is 5.96. The molecule has 0 unspecified atom stereocenters. The summed E-state index contributed by atoms with van der Waals surface area (Å²) in [6.45, 7) is 4.00. The average Bonchev–Trinajstić information content (AvgIpc) is 2.69. The minimum absolute atomic E-state index is 0.0638. The molecule has 88 valence electrons. The molecule has 0 amide bonds. The highest BCUT2D eigenvalue weighted by Gasteiger charge is 2.25. The number of pyridine rings is 1. The second-order valence-electron chi connectivity index (χ2n) is 4.59. The summed E-state index contributed by atoms with van der Waals surface area (Å²) < 4.78 is 0. The third-order valence-electron chi connectivity index (χ3n) is 3.37. The Kier molecular flexibility index (Phi) is 2.37. The van der Waals surface area contributed by atoms with Crippen LogP contribution in [0.4, 0.5) is 0 Å². The van der Waals surface area contributed by atoms with E-state index in [1.807, 2.05) is 31.2 Å². The summed E-state index contributed by atoms with van der Waals surface area (Å²) >= 11 is 0. The molecule has 1 aromatic heterocycles. The van der Waals surface area contributed by atoms with Crippen LogP contribution in [0.2, 0.25) is 0 Å². The maximum Gasteiger partial charge on any atom is 0.188 e. The summed E-state index contributed by atoms with van der Waals surface area (Å²) in [6.07, 6.45) is 3.46. The maximum absolute atomic E-state index is 12.1. The Hall–Kier alpha value is -2.22. The number of ketones is 1. The fourth-order valence-electron chi connectivity index (χ4n) is 2.43. The zero-order valence-electron chi connectivity index (χ0n) is 10.4. The number of hydrogen-bond acceptors (Lipinski definition) is 2. The van der Waals surface area contributed by atoms with Gasteiger partial charge in [-0.05, 0) is 42.7 Å². The molecule has 0 N–H and O–H groups in total. The molecule has 1 heterocycles. The molecular weight excluding hydrogens is 222 g/mol. The first kappa shape index (κ1) is 10.9. The van der Waals surface area contributed by atoms with E-state index < -0.39 is 0 Å². The number of aryl methyl sites for hydroxylation is 2. The lowest BCUT2D eigenvalue weighted by molar-refractivity contribution is 0.104. The molecule has 0 radical (unpaired) electrons. The Morgan fingerprint density at radius 1 is 1.00 bits per heavy atom. The van der Waals surface area contributed by atoms with Crippen molar-refractivity contribution < 1.29 is 4.79 Å². The number of aromatic nitrogens is 1. The van der Waals surface area contributed by atoms with E-state index in [1.54, 1.807) is 12.3 Å². The Labute approximate surface area is 106 Å². The van der Waals surface area contributed by atoms with Crippen molar-refractivity contribution in [2.24, 2.45) is 0 Å². The van der Waals surface area contributed by atoms with Gasteiger partial charge in [-0.15, -0.1) is 0 Å². The Morgan fingerprint density at radius 3 is 2.56 bits per heavy atom. The van der Waals surface area contributed by atoms with Gasteiger partial charge in [-0.1, -0.05) is 24.3 Å². The van der Waals surface area contributed by atoms with Crippen LogP contribution >= 0.6 is 0 Å². The monoisotopic (exact) mass is 235 g/mol. The van der Waals surface area contributed by atoms with Crippen LogP contribution in [-0.2, 0) is 0 Å². The van der Waals surface area contributed by atoms with Gasteiger partial charge in [0.15, 0.2) is 5.78 Å². The molecule has 2 heteroatoms. The van der Waals surface area contributed by atoms with Crippen LogP contribution in [0.25, 0.3) is 5.57 Å². The smallest absolute Gasteiger partial charge is 0.188 e. The van der Waals surface area contributed by atoms with Gasteiger partial charge in [0.1, 0.15) is 0 Å². The molecule has 1 aromatic carbocycles. The van der Waals surface area contributed by atoms with Crippen LogP contribution in [0.5, 0.6) is 0 Å². The molecule has 0 atom stereocenters. The van der Waals surface area contributed by atoms with Crippen LogP contribution < -0.4 is 0 Å². The van der Waals surface area contributed by atoms with Gasteiger partial charge < -0.3 is 0 Å². The predicted octanol–water partition coefficient (Wildman–Crippen LogP) is 3.33. The Bertz CT molecular complexity index is 683. The standard InChI is InChI=1S/C16H13NO/c1-10-5-3-4-6-12(10)13-9-14(18)15-11(2)7-8-17-16(13)15/h3-9H,1-2H3. The first-order valence-corrected chi connectivity index (χ1v) is 5.96. The number of fused-ring (bicyclic) bond motifs is 1. The van der Waals surface area contributed by atoms with Crippen molar-refractivity contribution >= 4 is 11.4 Å². The van der Waals surface area contributed by atoms with Crippen LogP contribution in [-0.4, -0.2) is 10.8 Å². The number of benzene rings is 1. The predicted molar refractivity (Wildman–Crippen MR) is 71.6 cm³/mol. The second-order valence-corrected chi connectivity index (χ2v) is 4.59. The van der Waals surface area contributed by atoms with E-state index in [0.29, 0.717) is 0 Å². The SMILES string of the molecule is Cc1ccccc1C1=CC(=O)c2c(C)ccnc21. The third kappa shape index (κ3) is 1.50.